The molecule has 6 nitrogen and oxygen atoms in total. The number of benzene rings is 2. The van der Waals surface area contributed by atoms with Crippen molar-refractivity contribution in [3.05, 3.63) is 83.0 Å². The summed E-state index contributed by atoms with van der Waals surface area (Å²) in [4.78, 5) is 19.3. The van der Waals surface area contributed by atoms with Gasteiger partial charge in [-0.05, 0) is 47.4 Å². The van der Waals surface area contributed by atoms with Gasteiger partial charge in [0, 0.05) is 31.4 Å². The van der Waals surface area contributed by atoms with Gasteiger partial charge in [-0.3, -0.25) is 4.79 Å². The first-order chi connectivity index (χ1) is 14.3. The van der Waals surface area contributed by atoms with Gasteiger partial charge in [-0.15, -0.1) is 0 Å². The quantitative estimate of drug-likeness (QED) is 0.741. The molecule has 0 bridgehead atoms. The van der Waals surface area contributed by atoms with Gasteiger partial charge >= 0.3 is 0 Å². The fraction of sp³-hybridized carbons (Fsp3) is 0.217. The van der Waals surface area contributed by atoms with Crippen LogP contribution < -0.4 is 14.8 Å². The summed E-state index contributed by atoms with van der Waals surface area (Å²) in [6.07, 6.45) is 2.56. The van der Waals surface area contributed by atoms with Crippen LogP contribution in [0.5, 0.6) is 11.5 Å². The molecular formula is C23H21N3O3. The molecule has 0 fully saturated rings. The summed E-state index contributed by atoms with van der Waals surface area (Å²) >= 11 is 0. The van der Waals surface area contributed by atoms with E-state index in [1.807, 2.05) is 35.2 Å². The molecule has 2 aromatic carbocycles. The van der Waals surface area contributed by atoms with Crippen molar-refractivity contribution in [2.24, 2.45) is 0 Å². The molecule has 29 heavy (non-hydrogen) atoms. The highest BCUT2D eigenvalue weighted by molar-refractivity contribution is 5.95. The Morgan fingerprint density at radius 3 is 2.83 bits per heavy atom. The number of hydrogen-bond donors (Lipinski definition) is 1. The Hall–Kier alpha value is -3.54. The van der Waals surface area contributed by atoms with E-state index in [-0.39, 0.29) is 12.7 Å². The van der Waals surface area contributed by atoms with E-state index in [0.29, 0.717) is 24.5 Å². The predicted octanol–water partition coefficient (Wildman–Crippen LogP) is 3.62. The molecule has 0 spiro atoms. The number of aromatic nitrogens is 1. The fourth-order valence-electron chi connectivity index (χ4n) is 3.76. The lowest BCUT2D eigenvalue weighted by atomic mass is 9.99. The number of hydrogen-bond acceptors (Lipinski definition) is 5. The third-order valence-corrected chi connectivity index (χ3v) is 5.34. The van der Waals surface area contributed by atoms with E-state index < -0.39 is 0 Å². The Bertz CT molecular complexity index is 1070. The molecule has 3 aromatic rings. The van der Waals surface area contributed by atoms with Gasteiger partial charge in [-0.2, -0.15) is 0 Å². The van der Waals surface area contributed by atoms with Crippen LogP contribution in [-0.2, 0) is 19.5 Å². The number of fused-ring (bicyclic) bond motifs is 2. The van der Waals surface area contributed by atoms with Crippen molar-refractivity contribution in [2.45, 2.75) is 19.5 Å². The van der Waals surface area contributed by atoms with Crippen LogP contribution in [0, 0.1) is 0 Å². The molecule has 1 amide bonds. The van der Waals surface area contributed by atoms with Gasteiger partial charge in [0.05, 0.1) is 0 Å². The first kappa shape index (κ1) is 17.6. The van der Waals surface area contributed by atoms with Gasteiger partial charge in [-0.25, -0.2) is 4.98 Å². The third-order valence-electron chi connectivity index (χ3n) is 5.34. The fourth-order valence-corrected chi connectivity index (χ4v) is 3.76. The van der Waals surface area contributed by atoms with Crippen LogP contribution in [0.4, 0.5) is 5.82 Å². The molecular weight excluding hydrogens is 366 g/mol. The van der Waals surface area contributed by atoms with E-state index in [2.05, 4.69) is 28.5 Å². The van der Waals surface area contributed by atoms with Crippen LogP contribution in [0.15, 0.2) is 60.8 Å². The minimum absolute atomic E-state index is 0.0352. The van der Waals surface area contributed by atoms with E-state index in [4.69, 9.17) is 9.47 Å². The second kappa shape index (κ2) is 7.47. The number of rotatable bonds is 4. The predicted molar refractivity (Wildman–Crippen MR) is 109 cm³/mol. The Kier molecular flexibility index (Phi) is 4.52. The van der Waals surface area contributed by atoms with E-state index in [9.17, 15) is 4.79 Å². The lowest BCUT2D eigenvalue weighted by Gasteiger charge is -2.29. The van der Waals surface area contributed by atoms with Gasteiger partial charge in [0.15, 0.2) is 11.5 Å². The molecule has 0 saturated carbocycles. The zero-order valence-corrected chi connectivity index (χ0v) is 15.9. The van der Waals surface area contributed by atoms with Crippen LogP contribution in [0.1, 0.15) is 27.0 Å². The molecule has 0 aliphatic carbocycles. The number of carbonyl (C=O) groups is 1. The molecule has 5 rings (SSSR count). The molecule has 0 atom stereocenters. The van der Waals surface area contributed by atoms with Crippen LogP contribution in [0.3, 0.4) is 0 Å². The highest BCUT2D eigenvalue weighted by atomic mass is 16.7. The van der Waals surface area contributed by atoms with Gasteiger partial charge in [0.25, 0.3) is 5.91 Å². The van der Waals surface area contributed by atoms with Crippen LogP contribution in [0.25, 0.3) is 0 Å². The van der Waals surface area contributed by atoms with Crippen molar-refractivity contribution in [2.75, 3.05) is 18.7 Å². The number of nitrogens with one attached hydrogen (secondary N) is 1. The first-order valence-electron chi connectivity index (χ1n) is 9.71. The van der Waals surface area contributed by atoms with Crippen molar-refractivity contribution in [3.8, 4) is 11.5 Å². The second-order valence-electron chi connectivity index (χ2n) is 7.22. The minimum Gasteiger partial charge on any atom is -0.454 e. The third kappa shape index (κ3) is 3.61. The largest absolute Gasteiger partial charge is 0.454 e. The Morgan fingerprint density at radius 2 is 1.90 bits per heavy atom. The zero-order valence-electron chi connectivity index (χ0n) is 15.9. The summed E-state index contributed by atoms with van der Waals surface area (Å²) in [7, 11) is 0. The number of ether oxygens (including phenoxy) is 2. The molecule has 1 N–H and O–H groups in total. The number of amides is 1. The van der Waals surface area contributed by atoms with Crippen LogP contribution in [-0.4, -0.2) is 29.1 Å². The summed E-state index contributed by atoms with van der Waals surface area (Å²) in [6, 6.07) is 17.7. The molecule has 1 aromatic heterocycles. The zero-order chi connectivity index (χ0) is 19.6. The first-order valence-corrected chi connectivity index (χ1v) is 9.71. The van der Waals surface area contributed by atoms with Crippen LogP contribution in [0.2, 0.25) is 0 Å². The van der Waals surface area contributed by atoms with Gasteiger partial charge in [0.2, 0.25) is 6.79 Å². The van der Waals surface area contributed by atoms with Crippen molar-refractivity contribution in [1.29, 1.82) is 0 Å². The van der Waals surface area contributed by atoms with E-state index in [1.54, 1.807) is 12.3 Å². The summed E-state index contributed by atoms with van der Waals surface area (Å²) in [5.74, 6) is 2.23. The van der Waals surface area contributed by atoms with E-state index >= 15 is 0 Å². The summed E-state index contributed by atoms with van der Waals surface area (Å²) < 4.78 is 10.8. The number of pyridine rings is 1. The standard InChI is InChI=1S/C23H21N3O3/c27-23(26-10-8-17-3-1-2-4-19(17)14-26)18-7-9-24-22(12-18)25-13-16-5-6-20-21(11-16)29-15-28-20/h1-7,9,11-12H,8,10,13-15H2,(H,24,25). The normalized spacial score (nSPS) is 14.4. The topological polar surface area (TPSA) is 63.7 Å². The minimum atomic E-state index is 0.0352. The number of anilines is 1. The monoisotopic (exact) mass is 387 g/mol. The average Bonchev–Trinajstić information content (AvgIpc) is 3.25. The molecule has 6 heteroatoms. The summed E-state index contributed by atoms with van der Waals surface area (Å²) in [6.45, 7) is 2.23. The maximum atomic E-state index is 13.0. The van der Waals surface area contributed by atoms with E-state index in [0.717, 1.165) is 30.0 Å². The highest BCUT2D eigenvalue weighted by Gasteiger charge is 2.22. The van der Waals surface area contributed by atoms with Crippen molar-refractivity contribution in [3.63, 3.8) is 0 Å². The summed E-state index contributed by atoms with van der Waals surface area (Å²) in [5.41, 5.74) is 4.26. The SMILES string of the molecule is O=C(c1ccnc(NCc2ccc3c(c2)OCO3)c1)N1CCc2ccccc2C1. The molecule has 0 saturated heterocycles. The Balaban J connectivity index is 1.27. The van der Waals surface area contributed by atoms with Crippen molar-refractivity contribution >= 4 is 11.7 Å². The van der Waals surface area contributed by atoms with Crippen LogP contribution >= 0.6 is 0 Å². The van der Waals surface area contributed by atoms with Gasteiger partial charge in [-0.1, -0.05) is 30.3 Å². The Morgan fingerprint density at radius 1 is 1.03 bits per heavy atom. The molecule has 2 aliphatic heterocycles. The molecule has 3 heterocycles. The van der Waals surface area contributed by atoms with Crippen molar-refractivity contribution < 1.29 is 14.3 Å². The number of carbonyl (C=O) groups excluding carboxylic acids is 1. The average molecular weight is 387 g/mol. The second-order valence-corrected chi connectivity index (χ2v) is 7.22. The maximum absolute atomic E-state index is 13.0. The lowest BCUT2D eigenvalue weighted by Crippen LogP contribution is -2.35. The van der Waals surface area contributed by atoms with Gasteiger partial charge < -0.3 is 19.7 Å². The van der Waals surface area contributed by atoms with Crippen molar-refractivity contribution in [1.82, 2.24) is 9.88 Å². The molecule has 146 valence electrons. The molecule has 0 radical (unpaired) electrons. The number of nitrogens with zero attached hydrogens (tertiary/aromatic N) is 2. The maximum Gasteiger partial charge on any atom is 0.254 e. The van der Waals surface area contributed by atoms with E-state index in [1.165, 1.54) is 11.1 Å². The Labute approximate surface area is 169 Å². The lowest BCUT2D eigenvalue weighted by molar-refractivity contribution is 0.0734. The summed E-state index contributed by atoms with van der Waals surface area (Å²) in [5, 5.41) is 3.29. The molecule has 0 unspecified atom stereocenters. The van der Waals surface area contributed by atoms with Gasteiger partial charge in [0.1, 0.15) is 5.82 Å². The highest BCUT2D eigenvalue weighted by Crippen LogP contribution is 2.32. The molecule has 2 aliphatic rings. The smallest absolute Gasteiger partial charge is 0.254 e.